The van der Waals surface area contributed by atoms with Crippen molar-refractivity contribution in [2.75, 3.05) is 13.2 Å². The molecule has 0 radical (unpaired) electrons. The Bertz CT molecular complexity index is 252. The highest BCUT2D eigenvalue weighted by Gasteiger charge is 2.20. The van der Waals surface area contributed by atoms with Gasteiger partial charge in [0.15, 0.2) is 5.76 Å². The third-order valence-corrected chi connectivity index (χ3v) is 1.98. The van der Waals surface area contributed by atoms with Crippen LogP contribution in [0.25, 0.3) is 0 Å². The lowest BCUT2D eigenvalue weighted by molar-refractivity contribution is -0.110. The van der Waals surface area contributed by atoms with Gasteiger partial charge in [-0.15, -0.1) is 0 Å². The van der Waals surface area contributed by atoms with Crippen molar-refractivity contribution in [1.29, 1.82) is 0 Å². The van der Waals surface area contributed by atoms with Gasteiger partial charge in [0.1, 0.15) is 25.3 Å². The van der Waals surface area contributed by atoms with Gasteiger partial charge in [-0.3, -0.25) is 0 Å². The van der Waals surface area contributed by atoms with Crippen molar-refractivity contribution < 1.29 is 14.3 Å². The molecule has 3 heteroatoms. The lowest BCUT2D eigenvalue weighted by Crippen LogP contribution is -2.18. The zero-order valence-electron chi connectivity index (χ0n) is 6.66. The van der Waals surface area contributed by atoms with E-state index in [0.29, 0.717) is 19.6 Å². The van der Waals surface area contributed by atoms with Crippen LogP contribution >= 0.6 is 0 Å². The molecule has 0 saturated heterocycles. The molecule has 0 spiro atoms. The minimum atomic E-state index is -0.0366. The van der Waals surface area contributed by atoms with Crippen LogP contribution < -0.4 is 0 Å². The number of hydrogen-bond acceptors (Lipinski definition) is 3. The summed E-state index contributed by atoms with van der Waals surface area (Å²) >= 11 is 0. The van der Waals surface area contributed by atoms with Crippen molar-refractivity contribution in [2.24, 2.45) is 5.92 Å². The molecule has 0 aromatic rings. The van der Waals surface area contributed by atoms with Crippen LogP contribution in [-0.4, -0.2) is 19.5 Å². The average Bonchev–Trinajstić information content (AvgIpc) is 2.17. The number of carbonyl (C=O) groups is 1. The second-order valence-corrected chi connectivity index (χ2v) is 2.85. The van der Waals surface area contributed by atoms with E-state index < -0.39 is 0 Å². The number of ether oxygens (including phenoxy) is 2. The van der Waals surface area contributed by atoms with Crippen molar-refractivity contribution in [2.45, 2.75) is 6.42 Å². The Morgan fingerprint density at radius 3 is 3.08 bits per heavy atom. The number of rotatable bonds is 1. The van der Waals surface area contributed by atoms with Crippen molar-refractivity contribution in [3.05, 3.63) is 23.7 Å². The molecule has 2 aliphatic rings. The molecule has 12 heavy (non-hydrogen) atoms. The highest BCUT2D eigenvalue weighted by Crippen LogP contribution is 2.26. The molecule has 1 aliphatic carbocycles. The highest BCUT2D eigenvalue weighted by atomic mass is 16.6. The maximum absolute atomic E-state index is 10.5. The molecule has 2 rings (SSSR count). The second-order valence-electron chi connectivity index (χ2n) is 2.85. The van der Waals surface area contributed by atoms with Crippen molar-refractivity contribution in [3.8, 4) is 0 Å². The van der Waals surface area contributed by atoms with Crippen LogP contribution in [0, 0.1) is 5.92 Å². The minimum absolute atomic E-state index is 0.0366. The monoisotopic (exact) mass is 166 g/mol. The number of allylic oxidation sites excluding steroid dienone is 3. The predicted octanol–water partition coefficient (Wildman–Crippen LogP) is 1.02. The van der Waals surface area contributed by atoms with Crippen LogP contribution in [0.2, 0.25) is 0 Å². The molecule has 64 valence electrons. The fourth-order valence-electron chi connectivity index (χ4n) is 1.36. The molecular weight excluding hydrogens is 156 g/mol. The topological polar surface area (TPSA) is 35.5 Å². The van der Waals surface area contributed by atoms with E-state index in [0.717, 1.165) is 17.8 Å². The van der Waals surface area contributed by atoms with E-state index in [4.69, 9.17) is 9.47 Å². The first-order valence-corrected chi connectivity index (χ1v) is 4.02. The van der Waals surface area contributed by atoms with Crippen LogP contribution in [0.3, 0.4) is 0 Å². The maximum Gasteiger partial charge on any atom is 0.156 e. The summed E-state index contributed by atoms with van der Waals surface area (Å²) in [6, 6.07) is 0. The zero-order valence-corrected chi connectivity index (χ0v) is 6.66. The van der Waals surface area contributed by atoms with E-state index >= 15 is 0 Å². The zero-order chi connectivity index (χ0) is 8.39. The van der Waals surface area contributed by atoms with Gasteiger partial charge in [0.2, 0.25) is 0 Å². The van der Waals surface area contributed by atoms with E-state index in [-0.39, 0.29) is 5.92 Å². The molecule has 3 nitrogen and oxygen atoms in total. The molecule has 0 bridgehead atoms. The van der Waals surface area contributed by atoms with E-state index in [1.54, 1.807) is 0 Å². The van der Waals surface area contributed by atoms with Gasteiger partial charge in [-0.05, 0) is 6.08 Å². The minimum Gasteiger partial charge on any atom is -0.490 e. The van der Waals surface area contributed by atoms with Crippen molar-refractivity contribution >= 4 is 6.29 Å². The first-order chi connectivity index (χ1) is 5.90. The molecule has 0 aromatic heterocycles. The summed E-state index contributed by atoms with van der Waals surface area (Å²) in [5.41, 5.74) is 0. The molecule has 0 N–H and O–H groups in total. The highest BCUT2D eigenvalue weighted by molar-refractivity contribution is 5.58. The summed E-state index contributed by atoms with van der Waals surface area (Å²) in [4.78, 5) is 10.5. The quantitative estimate of drug-likeness (QED) is 0.545. The van der Waals surface area contributed by atoms with Crippen molar-refractivity contribution in [3.63, 3.8) is 0 Å². The summed E-state index contributed by atoms with van der Waals surface area (Å²) in [7, 11) is 0. The van der Waals surface area contributed by atoms with Crippen molar-refractivity contribution in [1.82, 2.24) is 0 Å². The second kappa shape index (κ2) is 3.01. The summed E-state index contributed by atoms with van der Waals surface area (Å²) in [6.45, 7) is 1.20. The van der Waals surface area contributed by atoms with Crippen LogP contribution in [0.15, 0.2) is 23.7 Å². The Morgan fingerprint density at radius 1 is 1.42 bits per heavy atom. The van der Waals surface area contributed by atoms with E-state index in [9.17, 15) is 4.79 Å². The first kappa shape index (κ1) is 7.40. The molecule has 1 atom stereocenters. The van der Waals surface area contributed by atoms with Gasteiger partial charge in [0, 0.05) is 12.3 Å². The average molecular weight is 166 g/mol. The van der Waals surface area contributed by atoms with Crippen LogP contribution in [0.1, 0.15) is 6.42 Å². The normalized spacial score (nSPS) is 27.2. The predicted molar refractivity (Wildman–Crippen MR) is 42.2 cm³/mol. The summed E-state index contributed by atoms with van der Waals surface area (Å²) in [5.74, 6) is 1.57. The Hall–Kier alpha value is -1.25. The smallest absolute Gasteiger partial charge is 0.156 e. The SMILES string of the molecule is O=CC1C=CC2=C(C1)OCCO2. The Labute approximate surface area is 70.7 Å². The fourth-order valence-corrected chi connectivity index (χ4v) is 1.36. The van der Waals surface area contributed by atoms with E-state index in [1.807, 2.05) is 12.2 Å². The standard InChI is InChI=1S/C9H10O3/c10-6-7-1-2-8-9(5-7)12-4-3-11-8/h1-2,6-7H,3-5H2. The third-order valence-electron chi connectivity index (χ3n) is 1.98. The molecule has 0 amide bonds. The van der Waals surface area contributed by atoms with Gasteiger partial charge in [-0.25, -0.2) is 0 Å². The maximum atomic E-state index is 10.5. The number of carbonyl (C=O) groups excluding carboxylic acids is 1. The fraction of sp³-hybridized carbons (Fsp3) is 0.444. The van der Waals surface area contributed by atoms with E-state index in [2.05, 4.69) is 0 Å². The Balaban J connectivity index is 2.17. The molecule has 1 heterocycles. The van der Waals surface area contributed by atoms with Gasteiger partial charge >= 0.3 is 0 Å². The third kappa shape index (κ3) is 1.22. The van der Waals surface area contributed by atoms with Gasteiger partial charge < -0.3 is 14.3 Å². The van der Waals surface area contributed by atoms with Crippen LogP contribution in [0.5, 0.6) is 0 Å². The van der Waals surface area contributed by atoms with Gasteiger partial charge in [-0.1, -0.05) is 6.08 Å². The van der Waals surface area contributed by atoms with Gasteiger partial charge in [0.25, 0.3) is 0 Å². The Morgan fingerprint density at radius 2 is 2.25 bits per heavy atom. The van der Waals surface area contributed by atoms with E-state index in [1.165, 1.54) is 0 Å². The molecule has 0 fully saturated rings. The summed E-state index contributed by atoms with van der Waals surface area (Å²) in [6.07, 6.45) is 5.24. The number of hydrogen-bond donors (Lipinski definition) is 0. The summed E-state index contributed by atoms with van der Waals surface area (Å²) < 4.78 is 10.7. The molecule has 1 aliphatic heterocycles. The van der Waals surface area contributed by atoms with Gasteiger partial charge in [0.05, 0.1) is 0 Å². The summed E-state index contributed by atoms with van der Waals surface area (Å²) in [5, 5.41) is 0. The lowest BCUT2D eigenvalue weighted by atomic mass is 10.00. The largest absolute Gasteiger partial charge is 0.490 e. The van der Waals surface area contributed by atoms with Crippen LogP contribution in [0.4, 0.5) is 0 Å². The molecule has 1 unspecified atom stereocenters. The lowest BCUT2D eigenvalue weighted by Gasteiger charge is -2.24. The van der Waals surface area contributed by atoms with Gasteiger partial charge in [-0.2, -0.15) is 0 Å². The molecular formula is C9H10O3. The first-order valence-electron chi connectivity index (χ1n) is 4.02. The number of aldehydes is 1. The molecule has 0 saturated carbocycles. The Kier molecular flexibility index (Phi) is 1.86. The molecule has 0 aromatic carbocycles. The van der Waals surface area contributed by atoms with Crippen LogP contribution in [-0.2, 0) is 14.3 Å².